The van der Waals surface area contributed by atoms with Gasteiger partial charge >= 0.3 is 0 Å². The minimum atomic E-state index is -0.444. The highest BCUT2D eigenvalue weighted by Crippen LogP contribution is 2.26. The maximum absolute atomic E-state index is 13.9. The van der Waals surface area contributed by atoms with Gasteiger partial charge in [-0.1, -0.05) is 6.07 Å². The molecular weight excluding hydrogens is 467 g/mol. The van der Waals surface area contributed by atoms with Crippen molar-refractivity contribution in [2.24, 2.45) is 10.7 Å². The van der Waals surface area contributed by atoms with Crippen molar-refractivity contribution in [1.29, 1.82) is 0 Å². The number of aromatic nitrogens is 2. The summed E-state index contributed by atoms with van der Waals surface area (Å²) >= 11 is 0. The summed E-state index contributed by atoms with van der Waals surface area (Å²) in [7, 11) is 1.55. The van der Waals surface area contributed by atoms with E-state index >= 15 is 0 Å². The number of benzene rings is 1. The van der Waals surface area contributed by atoms with Crippen molar-refractivity contribution in [3.05, 3.63) is 58.2 Å². The van der Waals surface area contributed by atoms with E-state index in [2.05, 4.69) is 20.3 Å². The molecule has 0 saturated carbocycles. The number of hydrogen-bond acceptors (Lipinski definition) is 9. The Morgan fingerprint density at radius 1 is 1.42 bits per heavy atom. The van der Waals surface area contributed by atoms with Crippen LogP contribution < -0.4 is 11.1 Å². The number of hydrogen-bond donors (Lipinski definition) is 3. The van der Waals surface area contributed by atoms with Gasteiger partial charge in [0.2, 0.25) is 5.95 Å². The van der Waals surface area contributed by atoms with Crippen LogP contribution in [0.4, 0.5) is 16.2 Å². The molecule has 0 radical (unpaired) electrons. The lowest BCUT2D eigenvalue weighted by atomic mass is 9.96. The van der Waals surface area contributed by atoms with Crippen LogP contribution in [0.5, 0.6) is 0 Å². The molecular formula is C25H31FN6O4. The fourth-order valence-corrected chi connectivity index (χ4v) is 4.28. The van der Waals surface area contributed by atoms with Crippen LogP contribution in [0, 0.1) is 12.7 Å². The number of nitrogens with zero attached hydrogens (tertiary/aromatic N) is 4. The number of methoxy groups -OCH3 is 1. The summed E-state index contributed by atoms with van der Waals surface area (Å²) in [5, 5.41) is 12.9. The molecule has 4 rings (SSSR count). The highest BCUT2D eigenvalue weighted by molar-refractivity contribution is 6.01. The number of aliphatic imine (C=N–C) groups is 1. The van der Waals surface area contributed by atoms with E-state index in [-0.39, 0.29) is 37.5 Å². The van der Waals surface area contributed by atoms with Crippen LogP contribution in [0.15, 0.2) is 40.7 Å². The van der Waals surface area contributed by atoms with Crippen molar-refractivity contribution in [3.8, 4) is 0 Å². The third-order valence-corrected chi connectivity index (χ3v) is 6.32. The van der Waals surface area contributed by atoms with Gasteiger partial charge in [0.05, 0.1) is 31.9 Å². The molecule has 4 N–H and O–H groups in total. The average Bonchev–Trinajstić information content (AvgIpc) is 3.38. The number of anilines is 1. The number of ether oxygens (including phenoxy) is 2. The minimum absolute atomic E-state index is 0.0567. The smallest absolute Gasteiger partial charge is 0.270 e. The van der Waals surface area contributed by atoms with E-state index in [0.717, 1.165) is 12.0 Å². The van der Waals surface area contributed by atoms with Crippen LogP contribution in [-0.2, 0) is 27.4 Å². The number of nitrogens with two attached hydrogens (primary N) is 1. The van der Waals surface area contributed by atoms with Gasteiger partial charge in [-0.05, 0) is 43.0 Å². The number of nitrogens with one attached hydrogen (secondary N) is 1. The van der Waals surface area contributed by atoms with Gasteiger partial charge < -0.3 is 30.5 Å². The number of aliphatic hydroxyl groups is 1. The summed E-state index contributed by atoms with van der Waals surface area (Å²) in [5.74, 6) is 0.0853. The van der Waals surface area contributed by atoms with E-state index in [1.165, 1.54) is 18.2 Å². The highest BCUT2D eigenvalue weighted by atomic mass is 19.1. The van der Waals surface area contributed by atoms with Gasteiger partial charge in [-0.3, -0.25) is 4.79 Å². The summed E-state index contributed by atoms with van der Waals surface area (Å²) in [6, 6.07) is 3.91. The Balaban J connectivity index is 1.56. The van der Waals surface area contributed by atoms with Crippen LogP contribution in [0.2, 0.25) is 0 Å². The maximum atomic E-state index is 13.9. The summed E-state index contributed by atoms with van der Waals surface area (Å²) in [4.78, 5) is 28.1. The second-order valence-electron chi connectivity index (χ2n) is 8.92. The zero-order valence-corrected chi connectivity index (χ0v) is 20.4. The van der Waals surface area contributed by atoms with Crippen LogP contribution in [0.1, 0.15) is 29.5 Å². The standard InChI is InChI=1S/C25H31FN6O4/c1-15-9-29-25(30-20-5-6-36-13-20)31-23(15)28-10-17-8-21(14-35-2)32(24(34)22(17)27)11-18-7-19(26)4-3-16(18)12-33/h3-4,7,9-10,20-21,33H,5-6,8,11-14,27H2,1-2H3,(H,29,30,31)/t20?,21-/m1/s1. The summed E-state index contributed by atoms with van der Waals surface area (Å²) in [6.07, 6.45) is 4.53. The molecule has 1 amide bonds. The van der Waals surface area contributed by atoms with Crippen molar-refractivity contribution >= 4 is 23.9 Å². The zero-order valence-electron chi connectivity index (χ0n) is 20.4. The summed E-state index contributed by atoms with van der Waals surface area (Å²) in [5.41, 5.74) is 8.70. The normalized spacial score (nSPS) is 20.6. The number of amides is 1. The second kappa shape index (κ2) is 11.5. The second-order valence-corrected chi connectivity index (χ2v) is 8.92. The molecule has 11 heteroatoms. The fraction of sp³-hybridized carbons (Fsp3) is 0.440. The zero-order chi connectivity index (χ0) is 25.7. The first-order valence-electron chi connectivity index (χ1n) is 11.8. The highest BCUT2D eigenvalue weighted by Gasteiger charge is 2.33. The molecule has 1 unspecified atom stereocenters. The van der Waals surface area contributed by atoms with Crippen molar-refractivity contribution in [2.45, 2.75) is 45.0 Å². The first-order valence-corrected chi connectivity index (χ1v) is 11.8. The Bertz CT molecular complexity index is 1170. The van der Waals surface area contributed by atoms with Gasteiger partial charge in [-0.25, -0.2) is 14.4 Å². The van der Waals surface area contributed by atoms with Gasteiger partial charge in [0.15, 0.2) is 5.82 Å². The van der Waals surface area contributed by atoms with Crippen LogP contribution in [0.3, 0.4) is 0 Å². The number of carbonyl (C=O) groups excluding carboxylic acids is 1. The Morgan fingerprint density at radius 2 is 2.25 bits per heavy atom. The molecule has 1 saturated heterocycles. The quantitative estimate of drug-likeness (QED) is 0.447. The molecule has 192 valence electrons. The van der Waals surface area contributed by atoms with Gasteiger partial charge in [-0.15, -0.1) is 0 Å². The summed E-state index contributed by atoms with van der Waals surface area (Å²) in [6.45, 7) is 3.25. The van der Waals surface area contributed by atoms with Crippen LogP contribution >= 0.6 is 0 Å². The average molecular weight is 499 g/mol. The predicted octanol–water partition coefficient (Wildman–Crippen LogP) is 1.98. The topological polar surface area (TPSA) is 135 Å². The first kappa shape index (κ1) is 25.7. The Hall–Kier alpha value is -3.41. The van der Waals surface area contributed by atoms with Gasteiger partial charge in [-0.2, -0.15) is 4.98 Å². The molecule has 1 aromatic heterocycles. The predicted molar refractivity (Wildman–Crippen MR) is 132 cm³/mol. The van der Waals surface area contributed by atoms with E-state index in [0.29, 0.717) is 48.1 Å². The number of aliphatic hydroxyl groups excluding tert-OH is 1. The molecule has 2 aromatic rings. The van der Waals surface area contributed by atoms with Gasteiger partial charge in [0, 0.05) is 43.8 Å². The third kappa shape index (κ3) is 5.86. The van der Waals surface area contributed by atoms with E-state index in [9.17, 15) is 14.3 Å². The molecule has 2 aliphatic heterocycles. The lowest BCUT2D eigenvalue weighted by Crippen LogP contribution is -2.48. The Labute approximate surface area is 209 Å². The number of aryl methyl sites for hydroxylation is 1. The first-order chi connectivity index (χ1) is 17.4. The molecule has 0 spiro atoms. The monoisotopic (exact) mass is 498 g/mol. The number of halogens is 1. The molecule has 3 heterocycles. The van der Waals surface area contributed by atoms with Gasteiger partial charge in [0.25, 0.3) is 5.91 Å². The van der Waals surface area contributed by atoms with Crippen molar-refractivity contribution in [3.63, 3.8) is 0 Å². The molecule has 1 fully saturated rings. The number of rotatable bonds is 9. The van der Waals surface area contributed by atoms with E-state index < -0.39 is 11.7 Å². The van der Waals surface area contributed by atoms with Crippen molar-refractivity contribution in [1.82, 2.24) is 14.9 Å². The lowest BCUT2D eigenvalue weighted by molar-refractivity contribution is -0.132. The van der Waals surface area contributed by atoms with Gasteiger partial charge in [0.1, 0.15) is 11.5 Å². The maximum Gasteiger partial charge on any atom is 0.270 e. The third-order valence-electron chi connectivity index (χ3n) is 6.32. The molecule has 2 atom stereocenters. The van der Waals surface area contributed by atoms with E-state index in [1.54, 1.807) is 24.4 Å². The van der Waals surface area contributed by atoms with Crippen LogP contribution in [-0.4, -0.2) is 71.1 Å². The lowest BCUT2D eigenvalue weighted by Gasteiger charge is -2.36. The largest absolute Gasteiger partial charge is 0.394 e. The Morgan fingerprint density at radius 3 is 2.97 bits per heavy atom. The molecule has 10 nitrogen and oxygen atoms in total. The van der Waals surface area contributed by atoms with E-state index in [4.69, 9.17) is 15.2 Å². The SMILES string of the molecule is COC[C@H]1CC(C=Nc2nc(NC3CCOC3)ncc2C)=C(N)C(=O)N1Cc1cc(F)ccc1CO. The fourth-order valence-electron chi connectivity index (χ4n) is 4.28. The summed E-state index contributed by atoms with van der Waals surface area (Å²) < 4.78 is 24.6. The van der Waals surface area contributed by atoms with Crippen LogP contribution in [0.25, 0.3) is 0 Å². The molecule has 2 aliphatic rings. The Kier molecular flexibility index (Phi) is 8.24. The minimum Gasteiger partial charge on any atom is -0.394 e. The van der Waals surface area contributed by atoms with E-state index in [1.807, 2.05) is 6.92 Å². The molecule has 0 aliphatic carbocycles. The van der Waals surface area contributed by atoms with Crippen molar-refractivity contribution < 1.29 is 23.8 Å². The number of carbonyl (C=O) groups is 1. The molecule has 0 bridgehead atoms. The molecule has 36 heavy (non-hydrogen) atoms. The van der Waals surface area contributed by atoms with Crippen molar-refractivity contribution in [2.75, 3.05) is 32.2 Å². The molecule has 1 aromatic carbocycles.